The second kappa shape index (κ2) is 9.95. The van der Waals surface area contributed by atoms with Crippen molar-refractivity contribution in [2.24, 2.45) is 0 Å². The van der Waals surface area contributed by atoms with Crippen LogP contribution in [0.25, 0.3) is 0 Å². The van der Waals surface area contributed by atoms with Crippen LogP contribution in [0.4, 0.5) is 5.69 Å². The zero-order valence-electron chi connectivity index (χ0n) is 19.4. The van der Waals surface area contributed by atoms with Crippen molar-refractivity contribution in [2.75, 3.05) is 26.0 Å². The van der Waals surface area contributed by atoms with Crippen LogP contribution in [0.1, 0.15) is 27.0 Å². The van der Waals surface area contributed by atoms with Gasteiger partial charge in [0.25, 0.3) is 15.9 Å². The number of aryl methyl sites for hydroxylation is 2. The Morgan fingerprint density at radius 3 is 2.27 bits per heavy atom. The van der Waals surface area contributed by atoms with Gasteiger partial charge in [0.05, 0.1) is 24.8 Å². The van der Waals surface area contributed by atoms with E-state index >= 15 is 0 Å². The van der Waals surface area contributed by atoms with Crippen LogP contribution in [-0.4, -0.2) is 40.5 Å². The highest BCUT2D eigenvalue weighted by Gasteiger charge is 2.21. The summed E-state index contributed by atoms with van der Waals surface area (Å²) in [5.41, 5.74) is 2.99. The van der Waals surface area contributed by atoms with Gasteiger partial charge in [0.15, 0.2) is 11.5 Å². The molecule has 33 heavy (non-hydrogen) atoms. The minimum atomic E-state index is -3.87. The molecular formula is C25H28N2O5S. The lowest BCUT2D eigenvalue weighted by Crippen LogP contribution is -2.26. The first-order valence-electron chi connectivity index (χ1n) is 10.3. The maximum Gasteiger partial charge on any atom is 0.262 e. The fraction of sp³-hybridized carbons (Fsp3) is 0.240. The Morgan fingerprint density at radius 2 is 1.61 bits per heavy atom. The van der Waals surface area contributed by atoms with Gasteiger partial charge < -0.3 is 14.4 Å². The second-order valence-electron chi connectivity index (χ2n) is 7.75. The molecule has 0 atom stereocenters. The number of hydrogen-bond acceptors (Lipinski definition) is 5. The highest BCUT2D eigenvalue weighted by Crippen LogP contribution is 2.28. The Labute approximate surface area is 195 Å². The topological polar surface area (TPSA) is 84.9 Å². The van der Waals surface area contributed by atoms with Crippen molar-refractivity contribution in [3.8, 4) is 11.5 Å². The van der Waals surface area contributed by atoms with Gasteiger partial charge in [-0.2, -0.15) is 0 Å². The predicted molar refractivity (Wildman–Crippen MR) is 129 cm³/mol. The SMILES string of the molecule is COc1ccc(CN(C)C(=O)c2ccc(C)c(S(=O)(=O)Nc3ccccc3C)c2)cc1OC. The average molecular weight is 469 g/mol. The molecule has 0 heterocycles. The maximum atomic E-state index is 13.1. The molecule has 0 aromatic heterocycles. The van der Waals surface area contributed by atoms with Gasteiger partial charge in [0.1, 0.15) is 0 Å². The number of methoxy groups -OCH3 is 2. The number of sulfonamides is 1. The Hall–Kier alpha value is -3.52. The normalized spacial score (nSPS) is 11.1. The highest BCUT2D eigenvalue weighted by atomic mass is 32.2. The summed E-state index contributed by atoms with van der Waals surface area (Å²) in [4.78, 5) is 14.7. The largest absolute Gasteiger partial charge is 0.493 e. The van der Waals surface area contributed by atoms with Gasteiger partial charge in [-0.3, -0.25) is 9.52 Å². The third kappa shape index (κ3) is 5.46. The number of ether oxygens (including phenoxy) is 2. The summed E-state index contributed by atoms with van der Waals surface area (Å²) in [5, 5.41) is 0. The predicted octanol–water partition coefficient (Wildman–Crippen LogP) is 4.39. The Kier molecular flexibility index (Phi) is 7.28. The molecule has 8 heteroatoms. The minimum Gasteiger partial charge on any atom is -0.493 e. The van der Waals surface area contributed by atoms with E-state index in [0.717, 1.165) is 11.1 Å². The van der Waals surface area contributed by atoms with Crippen molar-refractivity contribution < 1.29 is 22.7 Å². The van der Waals surface area contributed by atoms with Crippen molar-refractivity contribution in [2.45, 2.75) is 25.3 Å². The summed E-state index contributed by atoms with van der Waals surface area (Å²) in [6.07, 6.45) is 0. The number of carbonyl (C=O) groups is 1. The van der Waals surface area contributed by atoms with Crippen LogP contribution < -0.4 is 14.2 Å². The van der Waals surface area contributed by atoms with E-state index in [1.54, 1.807) is 64.6 Å². The van der Waals surface area contributed by atoms with E-state index in [4.69, 9.17) is 9.47 Å². The lowest BCUT2D eigenvalue weighted by Gasteiger charge is -2.19. The van der Waals surface area contributed by atoms with Crippen LogP contribution in [0.2, 0.25) is 0 Å². The number of nitrogens with one attached hydrogen (secondary N) is 1. The first kappa shape index (κ1) is 24.1. The summed E-state index contributed by atoms with van der Waals surface area (Å²) >= 11 is 0. The lowest BCUT2D eigenvalue weighted by atomic mass is 10.1. The van der Waals surface area contributed by atoms with Crippen LogP contribution in [0.15, 0.2) is 65.6 Å². The van der Waals surface area contributed by atoms with Crippen LogP contribution in [0, 0.1) is 13.8 Å². The van der Waals surface area contributed by atoms with E-state index in [9.17, 15) is 13.2 Å². The standard InChI is InChI=1S/C25H28N2O5S/c1-17-8-6-7-9-21(17)26-33(29,30)24-15-20(12-10-18(24)2)25(28)27(3)16-19-11-13-22(31-4)23(14-19)32-5/h6-15,26H,16H2,1-5H3. The summed E-state index contributed by atoms with van der Waals surface area (Å²) in [5.74, 6) is 0.878. The smallest absolute Gasteiger partial charge is 0.262 e. The molecule has 0 aliphatic carbocycles. The van der Waals surface area contributed by atoms with E-state index in [1.165, 1.54) is 11.0 Å². The molecule has 3 rings (SSSR count). The molecule has 0 spiro atoms. The number of amides is 1. The molecule has 0 aliphatic heterocycles. The molecule has 0 unspecified atom stereocenters. The van der Waals surface area contributed by atoms with E-state index in [2.05, 4.69) is 4.72 Å². The summed E-state index contributed by atoms with van der Waals surface area (Å²) in [6.45, 7) is 3.85. The van der Waals surface area contributed by atoms with Gasteiger partial charge in [-0.25, -0.2) is 8.42 Å². The van der Waals surface area contributed by atoms with Gasteiger partial charge in [0, 0.05) is 19.2 Å². The number of carbonyl (C=O) groups excluding carboxylic acids is 1. The summed E-state index contributed by atoms with van der Waals surface area (Å²) in [6, 6.07) is 17.3. The molecule has 1 N–H and O–H groups in total. The number of benzene rings is 3. The number of anilines is 1. The Morgan fingerprint density at radius 1 is 0.909 bits per heavy atom. The molecule has 174 valence electrons. The number of nitrogens with zero attached hydrogens (tertiary/aromatic N) is 1. The van der Waals surface area contributed by atoms with Crippen molar-refractivity contribution in [1.29, 1.82) is 0 Å². The molecule has 0 radical (unpaired) electrons. The van der Waals surface area contributed by atoms with Gasteiger partial charge in [0.2, 0.25) is 0 Å². The van der Waals surface area contributed by atoms with Crippen LogP contribution in [-0.2, 0) is 16.6 Å². The third-order valence-corrected chi connectivity index (χ3v) is 6.84. The van der Waals surface area contributed by atoms with Crippen LogP contribution >= 0.6 is 0 Å². The molecule has 0 bridgehead atoms. The van der Waals surface area contributed by atoms with E-state index in [1.807, 2.05) is 25.1 Å². The van der Waals surface area contributed by atoms with Crippen molar-refractivity contribution in [3.05, 3.63) is 82.9 Å². The number of rotatable bonds is 8. The quantitative estimate of drug-likeness (QED) is 0.530. The molecule has 0 fully saturated rings. The van der Waals surface area contributed by atoms with Crippen molar-refractivity contribution in [3.63, 3.8) is 0 Å². The molecule has 7 nitrogen and oxygen atoms in total. The summed E-state index contributed by atoms with van der Waals surface area (Å²) in [7, 11) is 0.901. The molecule has 0 saturated heterocycles. The molecule has 0 aliphatic rings. The van der Waals surface area contributed by atoms with Gasteiger partial charge in [-0.05, 0) is 60.9 Å². The third-order valence-electron chi connectivity index (χ3n) is 5.33. The molecule has 1 amide bonds. The first-order valence-corrected chi connectivity index (χ1v) is 11.8. The van der Waals surface area contributed by atoms with E-state index in [0.29, 0.717) is 29.3 Å². The summed E-state index contributed by atoms with van der Waals surface area (Å²) < 4.78 is 39.4. The maximum absolute atomic E-state index is 13.1. The highest BCUT2D eigenvalue weighted by molar-refractivity contribution is 7.92. The van der Waals surface area contributed by atoms with Crippen LogP contribution in [0.5, 0.6) is 11.5 Å². The van der Waals surface area contributed by atoms with Crippen molar-refractivity contribution in [1.82, 2.24) is 4.90 Å². The molecule has 3 aromatic rings. The zero-order chi connectivity index (χ0) is 24.2. The minimum absolute atomic E-state index is 0.0659. The Bertz CT molecular complexity index is 1270. The first-order chi connectivity index (χ1) is 15.7. The second-order valence-corrected chi connectivity index (χ2v) is 9.40. The molecule has 3 aromatic carbocycles. The van der Waals surface area contributed by atoms with E-state index in [-0.39, 0.29) is 16.4 Å². The molecular weight excluding hydrogens is 440 g/mol. The van der Waals surface area contributed by atoms with E-state index < -0.39 is 10.0 Å². The van der Waals surface area contributed by atoms with Gasteiger partial charge in [-0.15, -0.1) is 0 Å². The fourth-order valence-electron chi connectivity index (χ4n) is 3.45. The average Bonchev–Trinajstić information content (AvgIpc) is 2.80. The monoisotopic (exact) mass is 468 g/mol. The lowest BCUT2D eigenvalue weighted by molar-refractivity contribution is 0.0784. The van der Waals surface area contributed by atoms with Gasteiger partial charge >= 0.3 is 0 Å². The number of hydrogen-bond donors (Lipinski definition) is 1. The van der Waals surface area contributed by atoms with Crippen molar-refractivity contribution >= 4 is 21.6 Å². The zero-order valence-corrected chi connectivity index (χ0v) is 20.2. The Balaban J connectivity index is 1.84. The fourth-order valence-corrected chi connectivity index (χ4v) is 4.86. The molecule has 0 saturated carbocycles. The van der Waals surface area contributed by atoms with Crippen LogP contribution in [0.3, 0.4) is 0 Å². The van der Waals surface area contributed by atoms with Gasteiger partial charge in [-0.1, -0.05) is 30.3 Å². The number of para-hydroxylation sites is 1.